The zero-order valence-electron chi connectivity index (χ0n) is 22.4. The summed E-state index contributed by atoms with van der Waals surface area (Å²) >= 11 is 0. The molecule has 0 radical (unpaired) electrons. The van der Waals surface area contributed by atoms with Gasteiger partial charge in [-0.2, -0.15) is 0 Å². The van der Waals surface area contributed by atoms with Crippen molar-refractivity contribution < 1.29 is 33.5 Å². The van der Waals surface area contributed by atoms with Crippen LogP contribution in [0.5, 0.6) is 0 Å². The van der Waals surface area contributed by atoms with E-state index in [2.05, 4.69) is 21.3 Å². The second-order valence-electron chi connectivity index (χ2n) is 8.37. The van der Waals surface area contributed by atoms with E-state index in [0.717, 1.165) is 16.9 Å². The van der Waals surface area contributed by atoms with Gasteiger partial charge < -0.3 is 31.7 Å². The summed E-state index contributed by atoms with van der Waals surface area (Å²) in [6.45, 7) is 3.66. The zero-order valence-corrected chi connectivity index (χ0v) is 22.4. The number of benzene rings is 1. The van der Waals surface area contributed by atoms with Crippen molar-refractivity contribution in [2.45, 2.75) is 45.6 Å². The number of rotatable bonds is 18. The van der Waals surface area contributed by atoms with Gasteiger partial charge in [0.1, 0.15) is 6.04 Å². The molecule has 1 aromatic rings. The molecule has 7 amide bonds. The Labute approximate surface area is 227 Å². The Morgan fingerprint density at radius 2 is 1.77 bits per heavy atom. The van der Waals surface area contributed by atoms with Crippen LogP contribution in [-0.4, -0.2) is 79.9 Å². The fourth-order valence-electron chi connectivity index (χ4n) is 3.24. The fourth-order valence-corrected chi connectivity index (χ4v) is 3.24. The smallest absolute Gasteiger partial charge is 0.312 e. The lowest BCUT2D eigenvalue weighted by atomic mass is 10.1. The molecule has 0 saturated heterocycles. The molecule has 0 aromatic heterocycles. The third kappa shape index (κ3) is 14.3. The highest BCUT2D eigenvalue weighted by atomic mass is 16.5. The van der Waals surface area contributed by atoms with Crippen LogP contribution in [-0.2, 0) is 35.1 Å². The summed E-state index contributed by atoms with van der Waals surface area (Å²) in [6, 6.07) is 5.71. The van der Waals surface area contributed by atoms with Crippen LogP contribution < -0.4 is 27.0 Å². The molecule has 214 valence electrons. The summed E-state index contributed by atoms with van der Waals surface area (Å²) < 4.78 is 5.28. The van der Waals surface area contributed by atoms with Crippen molar-refractivity contribution in [1.82, 2.24) is 20.9 Å². The number of nitrogens with two attached hydrogens (primary N) is 1. The lowest BCUT2D eigenvalue weighted by Crippen LogP contribution is -2.47. The van der Waals surface area contributed by atoms with Gasteiger partial charge in [-0.05, 0) is 50.0 Å². The maximum atomic E-state index is 12.8. The molecule has 1 atom stereocenters. The summed E-state index contributed by atoms with van der Waals surface area (Å²) in [4.78, 5) is 71.7. The summed E-state index contributed by atoms with van der Waals surface area (Å²) in [5.41, 5.74) is 6.74. The molecule has 0 fully saturated rings. The molecule has 0 saturated carbocycles. The second-order valence-corrected chi connectivity index (χ2v) is 8.37. The van der Waals surface area contributed by atoms with E-state index in [9.17, 15) is 28.8 Å². The van der Waals surface area contributed by atoms with Crippen LogP contribution in [0.3, 0.4) is 0 Å². The van der Waals surface area contributed by atoms with Gasteiger partial charge in [-0.3, -0.25) is 28.9 Å². The summed E-state index contributed by atoms with van der Waals surface area (Å²) in [5, 5.41) is 10.2. The lowest BCUT2D eigenvalue weighted by Gasteiger charge is -2.19. The molecule has 6 N–H and O–H groups in total. The molecule has 0 bridgehead atoms. The van der Waals surface area contributed by atoms with Crippen LogP contribution in [0.4, 0.5) is 10.5 Å². The number of anilines is 1. The molecule has 0 heterocycles. The second kappa shape index (κ2) is 18.9. The van der Waals surface area contributed by atoms with E-state index < -0.39 is 35.7 Å². The van der Waals surface area contributed by atoms with Crippen molar-refractivity contribution in [3.63, 3.8) is 0 Å². The van der Waals surface area contributed by atoms with Crippen molar-refractivity contribution in [1.29, 1.82) is 0 Å². The summed E-state index contributed by atoms with van der Waals surface area (Å²) in [6.07, 6.45) is 4.58. The predicted molar refractivity (Wildman–Crippen MR) is 144 cm³/mol. The van der Waals surface area contributed by atoms with Gasteiger partial charge in [-0.25, -0.2) is 4.79 Å². The molecular weight excluding hydrogens is 508 g/mol. The van der Waals surface area contributed by atoms with E-state index in [1.807, 2.05) is 19.1 Å². The fraction of sp³-hybridized carbons (Fsp3) is 0.462. The Hall–Kier alpha value is -4.26. The highest BCUT2D eigenvalue weighted by molar-refractivity contribution is 5.97. The molecule has 1 aromatic carbocycles. The zero-order chi connectivity index (χ0) is 29.0. The van der Waals surface area contributed by atoms with Crippen molar-refractivity contribution >= 4 is 41.8 Å². The first kappa shape index (κ1) is 32.8. The molecule has 0 aliphatic carbocycles. The van der Waals surface area contributed by atoms with Crippen LogP contribution in [0.2, 0.25) is 0 Å². The standard InChI is InChI=1S/C26H38N6O7/c1-3-6-24(36)32(18-33)14-16-39-15-12-22(34)29-17-23(35)31-21(7-5-13-28-26(27)38)25(37)30-20-10-8-19(4-2)9-11-20/h3,6,8-11,18,21H,4-5,7,12-17H2,1-2H3,(H,29,34)(H,30,37)(H,31,35)(H3,27,28,38)/b6-3-. The topological polar surface area (TPSA) is 189 Å². The minimum absolute atomic E-state index is 0.0205. The molecular formula is C26H38N6O7. The van der Waals surface area contributed by atoms with Crippen LogP contribution >= 0.6 is 0 Å². The van der Waals surface area contributed by atoms with Crippen LogP contribution in [0.25, 0.3) is 0 Å². The molecule has 1 rings (SSSR count). The van der Waals surface area contributed by atoms with Crippen LogP contribution in [0.1, 0.15) is 38.7 Å². The van der Waals surface area contributed by atoms with Crippen molar-refractivity contribution in [3.8, 4) is 0 Å². The quantitative estimate of drug-likeness (QED) is 0.0987. The molecule has 13 nitrogen and oxygen atoms in total. The Morgan fingerprint density at radius 3 is 2.38 bits per heavy atom. The SMILES string of the molecule is C/C=C\C(=O)N(C=O)CCOCCC(=O)NCC(=O)NC(CCCNC(N)=O)C(=O)Nc1ccc(CC)cc1. The monoisotopic (exact) mass is 546 g/mol. The number of nitrogens with zero attached hydrogens (tertiary/aromatic N) is 1. The van der Waals surface area contributed by atoms with Gasteiger partial charge in [0.2, 0.25) is 24.1 Å². The first-order valence-electron chi connectivity index (χ1n) is 12.7. The normalized spacial score (nSPS) is 11.3. The average Bonchev–Trinajstić information content (AvgIpc) is 2.91. The van der Waals surface area contributed by atoms with Gasteiger partial charge in [0, 0.05) is 18.7 Å². The Kier molecular flexibility index (Phi) is 15.9. The number of hydrogen-bond acceptors (Lipinski definition) is 7. The molecule has 39 heavy (non-hydrogen) atoms. The number of primary amides is 1. The number of aryl methyl sites for hydroxylation is 1. The highest BCUT2D eigenvalue weighted by Gasteiger charge is 2.21. The summed E-state index contributed by atoms with van der Waals surface area (Å²) in [5.74, 6) is -1.93. The van der Waals surface area contributed by atoms with E-state index in [4.69, 9.17) is 10.5 Å². The van der Waals surface area contributed by atoms with E-state index >= 15 is 0 Å². The number of hydrogen-bond donors (Lipinski definition) is 5. The van der Waals surface area contributed by atoms with Crippen LogP contribution in [0, 0.1) is 0 Å². The Morgan fingerprint density at radius 1 is 1.05 bits per heavy atom. The predicted octanol–water partition coefficient (Wildman–Crippen LogP) is 0.205. The van der Waals surface area contributed by atoms with Crippen molar-refractivity contribution in [2.24, 2.45) is 5.73 Å². The minimum atomic E-state index is -0.913. The number of nitrogens with one attached hydrogen (secondary N) is 4. The third-order valence-electron chi connectivity index (χ3n) is 5.37. The largest absolute Gasteiger partial charge is 0.379 e. The number of carbonyl (C=O) groups excluding carboxylic acids is 6. The van der Waals surface area contributed by atoms with E-state index in [1.54, 1.807) is 19.1 Å². The van der Waals surface area contributed by atoms with Crippen LogP contribution in [0.15, 0.2) is 36.4 Å². The number of carbonyl (C=O) groups is 6. The molecule has 1 unspecified atom stereocenters. The van der Waals surface area contributed by atoms with Gasteiger partial charge in [0.05, 0.1) is 26.3 Å². The Balaban J connectivity index is 2.49. The third-order valence-corrected chi connectivity index (χ3v) is 5.37. The minimum Gasteiger partial charge on any atom is -0.379 e. The number of amides is 7. The van der Waals surface area contributed by atoms with E-state index in [0.29, 0.717) is 18.5 Å². The maximum absolute atomic E-state index is 12.8. The van der Waals surface area contributed by atoms with Crippen molar-refractivity contribution in [3.05, 3.63) is 42.0 Å². The maximum Gasteiger partial charge on any atom is 0.312 e. The molecule has 0 aliphatic heterocycles. The lowest BCUT2D eigenvalue weighted by molar-refractivity contribution is -0.135. The summed E-state index contributed by atoms with van der Waals surface area (Å²) in [7, 11) is 0. The van der Waals surface area contributed by atoms with Crippen molar-refractivity contribution in [2.75, 3.05) is 38.2 Å². The molecule has 13 heteroatoms. The van der Waals surface area contributed by atoms with E-state index in [-0.39, 0.29) is 45.7 Å². The molecule has 0 aliphatic rings. The van der Waals surface area contributed by atoms with Gasteiger partial charge in [-0.1, -0.05) is 25.1 Å². The first-order chi connectivity index (χ1) is 18.7. The van der Waals surface area contributed by atoms with E-state index in [1.165, 1.54) is 12.2 Å². The van der Waals surface area contributed by atoms with Gasteiger partial charge in [-0.15, -0.1) is 0 Å². The number of imide groups is 1. The number of allylic oxidation sites excluding steroid dienone is 1. The highest BCUT2D eigenvalue weighted by Crippen LogP contribution is 2.11. The number of urea groups is 1. The Bertz CT molecular complexity index is 997. The average molecular weight is 547 g/mol. The number of ether oxygens (including phenoxy) is 1. The first-order valence-corrected chi connectivity index (χ1v) is 12.7. The molecule has 0 spiro atoms. The van der Waals surface area contributed by atoms with Gasteiger partial charge in [0.25, 0.3) is 5.91 Å². The van der Waals surface area contributed by atoms with Gasteiger partial charge >= 0.3 is 6.03 Å². The van der Waals surface area contributed by atoms with Gasteiger partial charge in [0.15, 0.2) is 0 Å².